The average Bonchev–Trinajstić information content (AvgIpc) is 2.38. The van der Waals surface area contributed by atoms with Gasteiger partial charge in [0.1, 0.15) is 5.82 Å². The minimum absolute atomic E-state index is 0.0101. The van der Waals surface area contributed by atoms with Gasteiger partial charge in [-0.25, -0.2) is 12.8 Å². The first kappa shape index (κ1) is 16.1. The Hall–Kier alpha value is -0.980. The van der Waals surface area contributed by atoms with E-state index in [2.05, 4.69) is 5.32 Å². The van der Waals surface area contributed by atoms with Crippen molar-refractivity contribution in [3.8, 4) is 0 Å². The van der Waals surface area contributed by atoms with Gasteiger partial charge in [0.15, 0.2) is 0 Å². The SMILES string of the molecule is CCNCCS(=O)(=O)N(C)C(C)c1ccccc1F. The Morgan fingerprint density at radius 2 is 2.00 bits per heavy atom. The van der Waals surface area contributed by atoms with Crippen LogP contribution in [0.25, 0.3) is 0 Å². The zero-order chi connectivity index (χ0) is 14.5. The number of hydrogen-bond donors (Lipinski definition) is 1. The molecule has 108 valence electrons. The molecule has 0 fully saturated rings. The summed E-state index contributed by atoms with van der Waals surface area (Å²) in [6.45, 7) is 4.72. The van der Waals surface area contributed by atoms with Gasteiger partial charge >= 0.3 is 0 Å². The summed E-state index contributed by atoms with van der Waals surface area (Å²) >= 11 is 0. The standard InChI is InChI=1S/C13H21FN2O2S/c1-4-15-9-10-19(17,18)16(3)11(2)12-7-5-6-8-13(12)14/h5-8,11,15H,4,9-10H2,1-3H3. The molecule has 0 radical (unpaired) electrons. The maximum absolute atomic E-state index is 13.7. The van der Waals surface area contributed by atoms with Crippen molar-refractivity contribution in [3.63, 3.8) is 0 Å². The first-order valence-corrected chi connectivity index (χ1v) is 7.92. The van der Waals surface area contributed by atoms with E-state index in [1.165, 1.54) is 17.4 Å². The van der Waals surface area contributed by atoms with Crippen LogP contribution in [-0.2, 0) is 10.0 Å². The van der Waals surface area contributed by atoms with Crippen LogP contribution >= 0.6 is 0 Å². The Morgan fingerprint density at radius 1 is 1.37 bits per heavy atom. The van der Waals surface area contributed by atoms with E-state index in [9.17, 15) is 12.8 Å². The molecule has 0 aromatic heterocycles. The zero-order valence-electron chi connectivity index (χ0n) is 11.6. The second-order valence-corrected chi connectivity index (χ2v) is 6.53. The minimum atomic E-state index is -3.39. The fraction of sp³-hybridized carbons (Fsp3) is 0.538. The molecule has 0 heterocycles. The van der Waals surface area contributed by atoms with Gasteiger partial charge in [-0.1, -0.05) is 25.1 Å². The van der Waals surface area contributed by atoms with Crippen molar-refractivity contribution in [3.05, 3.63) is 35.6 Å². The van der Waals surface area contributed by atoms with E-state index in [1.54, 1.807) is 25.1 Å². The highest BCUT2D eigenvalue weighted by atomic mass is 32.2. The van der Waals surface area contributed by atoms with Gasteiger partial charge in [0, 0.05) is 25.2 Å². The van der Waals surface area contributed by atoms with Crippen LogP contribution < -0.4 is 5.32 Å². The van der Waals surface area contributed by atoms with E-state index >= 15 is 0 Å². The molecule has 0 saturated heterocycles. The lowest BCUT2D eigenvalue weighted by molar-refractivity contribution is 0.387. The molecule has 1 unspecified atom stereocenters. The molecule has 1 N–H and O–H groups in total. The van der Waals surface area contributed by atoms with E-state index < -0.39 is 16.1 Å². The van der Waals surface area contributed by atoms with E-state index in [0.717, 1.165) is 6.54 Å². The summed E-state index contributed by atoms with van der Waals surface area (Å²) in [5.74, 6) is -0.375. The molecule has 0 saturated carbocycles. The molecule has 6 heteroatoms. The molecular formula is C13H21FN2O2S. The van der Waals surface area contributed by atoms with Crippen molar-refractivity contribution in [2.24, 2.45) is 0 Å². The molecule has 1 aromatic carbocycles. The molecule has 0 aliphatic carbocycles. The van der Waals surface area contributed by atoms with Gasteiger partial charge in [-0.3, -0.25) is 0 Å². The normalized spacial score (nSPS) is 13.7. The van der Waals surface area contributed by atoms with Gasteiger partial charge < -0.3 is 5.32 Å². The zero-order valence-corrected chi connectivity index (χ0v) is 12.4. The molecule has 0 bridgehead atoms. The van der Waals surface area contributed by atoms with Crippen molar-refractivity contribution >= 4 is 10.0 Å². The number of nitrogens with zero attached hydrogens (tertiary/aromatic N) is 1. The highest BCUT2D eigenvalue weighted by Crippen LogP contribution is 2.23. The van der Waals surface area contributed by atoms with Crippen LogP contribution in [0.1, 0.15) is 25.5 Å². The first-order valence-electron chi connectivity index (χ1n) is 6.31. The van der Waals surface area contributed by atoms with E-state index in [-0.39, 0.29) is 11.6 Å². The van der Waals surface area contributed by atoms with Crippen molar-refractivity contribution in [2.75, 3.05) is 25.9 Å². The number of hydrogen-bond acceptors (Lipinski definition) is 3. The van der Waals surface area contributed by atoms with Crippen molar-refractivity contribution in [1.82, 2.24) is 9.62 Å². The minimum Gasteiger partial charge on any atom is -0.316 e. The van der Waals surface area contributed by atoms with Crippen LogP contribution in [0.5, 0.6) is 0 Å². The second-order valence-electron chi connectivity index (χ2n) is 4.38. The van der Waals surface area contributed by atoms with Gasteiger partial charge in [0.25, 0.3) is 0 Å². The Morgan fingerprint density at radius 3 is 2.58 bits per heavy atom. The third-order valence-corrected chi connectivity index (χ3v) is 5.04. The maximum Gasteiger partial charge on any atom is 0.215 e. The molecule has 1 rings (SSSR count). The summed E-state index contributed by atoms with van der Waals surface area (Å²) in [6, 6.07) is 5.72. The molecule has 1 aromatic rings. The molecule has 0 aliphatic rings. The van der Waals surface area contributed by atoms with E-state index in [1.807, 2.05) is 6.92 Å². The molecule has 0 spiro atoms. The fourth-order valence-electron chi connectivity index (χ4n) is 1.77. The summed E-state index contributed by atoms with van der Waals surface area (Å²) < 4.78 is 39.1. The Kier molecular flexibility index (Phi) is 5.90. The quantitative estimate of drug-likeness (QED) is 0.778. The lowest BCUT2D eigenvalue weighted by Gasteiger charge is -2.25. The van der Waals surface area contributed by atoms with E-state index in [4.69, 9.17) is 0 Å². The second kappa shape index (κ2) is 6.98. The number of nitrogens with one attached hydrogen (secondary N) is 1. The van der Waals surface area contributed by atoms with Crippen molar-refractivity contribution in [2.45, 2.75) is 19.9 Å². The van der Waals surface area contributed by atoms with Crippen LogP contribution in [0.4, 0.5) is 4.39 Å². The highest BCUT2D eigenvalue weighted by molar-refractivity contribution is 7.89. The molecule has 4 nitrogen and oxygen atoms in total. The molecule has 1 atom stereocenters. The largest absolute Gasteiger partial charge is 0.316 e. The summed E-state index contributed by atoms with van der Waals surface area (Å²) in [7, 11) is -1.91. The Balaban J connectivity index is 2.82. The number of benzene rings is 1. The van der Waals surface area contributed by atoms with Crippen LogP contribution in [0.3, 0.4) is 0 Å². The Bertz CT molecular complexity index is 505. The number of sulfonamides is 1. The van der Waals surface area contributed by atoms with Crippen molar-refractivity contribution < 1.29 is 12.8 Å². The summed E-state index contributed by atoms with van der Waals surface area (Å²) in [6.07, 6.45) is 0. The average molecular weight is 288 g/mol. The monoisotopic (exact) mass is 288 g/mol. The lowest BCUT2D eigenvalue weighted by atomic mass is 10.1. The highest BCUT2D eigenvalue weighted by Gasteiger charge is 2.25. The fourth-order valence-corrected chi connectivity index (χ4v) is 3.06. The summed E-state index contributed by atoms with van der Waals surface area (Å²) in [4.78, 5) is 0. The summed E-state index contributed by atoms with van der Waals surface area (Å²) in [5.41, 5.74) is 0.386. The lowest BCUT2D eigenvalue weighted by Crippen LogP contribution is -2.35. The molecule has 0 amide bonds. The van der Waals surface area contributed by atoms with Gasteiger partial charge in [-0.2, -0.15) is 4.31 Å². The maximum atomic E-state index is 13.7. The first-order chi connectivity index (χ1) is 8.90. The predicted octanol–water partition coefficient (Wildman–Crippen LogP) is 1.76. The van der Waals surface area contributed by atoms with Gasteiger partial charge in [-0.15, -0.1) is 0 Å². The smallest absolute Gasteiger partial charge is 0.215 e. The van der Waals surface area contributed by atoms with Gasteiger partial charge in [-0.05, 0) is 19.5 Å². The molecule has 0 aliphatic heterocycles. The van der Waals surface area contributed by atoms with E-state index in [0.29, 0.717) is 12.1 Å². The van der Waals surface area contributed by atoms with Crippen LogP contribution in [0, 0.1) is 5.82 Å². The number of rotatable bonds is 7. The van der Waals surface area contributed by atoms with Crippen LogP contribution in [0.15, 0.2) is 24.3 Å². The van der Waals surface area contributed by atoms with Gasteiger partial charge in [0.05, 0.1) is 5.75 Å². The summed E-state index contributed by atoms with van der Waals surface area (Å²) in [5, 5.41) is 2.97. The predicted molar refractivity (Wildman–Crippen MR) is 74.9 cm³/mol. The Labute approximate surface area is 114 Å². The van der Waals surface area contributed by atoms with Crippen LogP contribution in [0.2, 0.25) is 0 Å². The molecular weight excluding hydrogens is 267 g/mol. The van der Waals surface area contributed by atoms with Crippen LogP contribution in [-0.4, -0.2) is 38.6 Å². The third-order valence-electron chi connectivity index (χ3n) is 3.13. The third kappa shape index (κ3) is 4.26. The van der Waals surface area contributed by atoms with Crippen molar-refractivity contribution in [1.29, 1.82) is 0 Å². The molecule has 19 heavy (non-hydrogen) atoms. The number of halogens is 1. The van der Waals surface area contributed by atoms with Gasteiger partial charge in [0.2, 0.25) is 10.0 Å². The topological polar surface area (TPSA) is 49.4 Å².